The summed E-state index contributed by atoms with van der Waals surface area (Å²) in [4.78, 5) is 2.65. The molecular formula is C27H32Cl2N2O2. The number of hydrogen-bond donors (Lipinski definition) is 1. The minimum Gasteiger partial charge on any atom is -0.453 e. The second kappa shape index (κ2) is 12.3. The summed E-state index contributed by atoms with van der Waals surface area (Å²) < 4.78 is 12.5. The maximum atomic E-state index is 6.34. The summed E-state index contributed by atoms with van der Waals surface area (Å²) in [7, 11) is 0. The summed E-state index contributed by atoms with van der Waals surface area (Å²) >= 11 is 0. The van der Waals surface area contributed by atoms with Crippen LogP contribution in [0.5, 0.6) is 23.0 Å². The van der Waals surface area contributed by atoms with E-state index in [-0.39, 0.29) is 24.8 Å². The molecule has 3 aromatic rings. The van der Waals surface area contributed by atoms with Gasteiger partial charge in [-0.2, -0.15) is 0 Å². The highest BCUT2D eigenvalue weighted by atomic mass is 35.5. The fraction of sp³-hybridized carbons (Fsp3) is 0.333. The van der Waals surface area contributed by atoms with Gasteiger partial charge in [-0.15, -0.1) is 24.8 Å². The van der Waals surface area contributed by atoms with E-state index in [0.29, 0.717) is 6.04 Å². The Kier molecular flexibility index (Phi) is 9.45. The minimum atomic E-state index is 0. The van der Waals surface area contributed by atoms with E-state index in [1.165, 1.54) is 24.8 Å². The van der Waals surface area contributed by atoms with Crippen LogP contribution in [0.1, 0.15) is 30.9 Å². The molecule has 6 heteroatoms. The fourth-order valence-electron chi connectivity index (χ4n) is 4.60. The third kappa shape index (κ3) is 6.21. The number of rotatable bonds is 7. The quantitative estimate of drug-likeness (QED) is 0.395. The lowest BCUT2D eigenvalue weighted by molar-refractivity contribution is 0.0835. The number of nitrogens with zero attached hydrogens (tertiary/aromatic N) is 1. The predicted octanol–water partition coefficient (Wildman–Crippen LogP) is 6.86. The molecule has 176 valence electrons. The van der Waals surface area contributed by atoms with Crippen LogP contribution in [0, 0.1) is 5.92 Å². The van der Waals surface area contributed by atoms with Crippen LogP contribution in [0.25, 0.3) is 0 Å². The summed E-state index contributed by atoms with van der Waals surface area (Å²) in [5.41, 5.74) is 1.33. The molecule has 1 heterocycles. The molecule has 33 heavy (non-hydrogen) atoms. The summed E-state index contributed by atoms with van der Waals surface area (Å²) in [5.74, 6) is 3.87. The molecule has 1 N–H and O–H groups in total. The zero-order valence-electron chi connectivity index (χ0n) is 18.7. The highest BCUT2D eigenvalue weighted by Gasteiger charge is 2.34. The lowest BCUT2D eigenvalue weighted by Crippen LogP contribution is -2.47. The van der Waals surface area contributed by atoms with Gasteiger partial charge >= 0.3 is 0 Å². The van der Waals surface area contributed by atoms with Gasteiger partial charge in [0.15, 0.2) is 11.5 Å². The Morgan fingerprint density at radius 1 is 0.727 bits per heavy atom. The standard InChI is InChI=1S/C27H30N2O2.2ClH/c1-3-10-23(11-4-1)30-25-15-14-22(20-26(25)31-24-12-5-2-6-13-24)27(21-8-7-9-21)29-18-16-28-17-19-29;;/h1-6,10-15,20-21,27-28H,7-9,16-19H2;2*1H/t27-;;/m0../s1. The zero-order chi connectivity index (χ0) is 20.9. The van der Waals surface area contributed by atoms with Crippen LogP contribution in [0.3, 0.4) is 0 Å². The molecule has 0 bridgehead atoms. The first-order valence-electron chi connectivity index (χ1n) is 11.4. The van der Waals surface area contributed by atoms with Gasteiger partial charge < -0.3 is 14.8 Å². The van der Waals surface area contributed by atoms with Gasteiger partial charge in [0.1, 0.15) is 11.5 Å². The van der Waals surface area contributed by atoms with Crippen LogP contribution in [0.15, 0.2) is 78.9 Å². The van der Waals surface area contributed by atoms with Crippen molar-refractivity contribution in [3.63, 3.8) is 0 Å². The molecule has 4 nitrogen and oxygen atoms in total. The van der Waals surface area contributed by atoms with E-state index >= 15 is 0 Å². The second-order valence-corrected chi connectivity index (χ2v) is 8.46. The lowest BCUT2D eigenvalue weighted by Gasteiger charge is -2.43. The first-order chi connectivity index (χ1) is 15.4. The van der Waals surface area contributed by atoms with Gasteiger partial charge in [0.05, 0.1) is 0 Å². The van der Waals surface area contributed by atoms with Gasteiger partial charge in [-0.3, -0.25) is 4.90 Å². The Morgan fingerprint density at radius 3 is 1.85 bits per heavy atom. The minimum absolute atomic E-state index is 0. The largest absolute Gasteiger partial charge is 0.453 e. The van der Waals surface area contributed by atoms with Crippen LogP contribution >= 0.6 is 24.8 Å². The van der Waals surface area contributed by atoms with E-state index in [0.717, 1.165) is 55.1 Å². The molecule has 2 fully saturated rings. The summed E-state index contributed by atoms with van der Waals surface area (Å²) in [5, 5.41) is 3.49. The van der Waals surface area contributed by atoms with Gasteiger partial charge in [0.25, 0.3) is 0 Å². The van der Waals surface area contributed by atoms with Gasteiger partial charge in [-0.25, -0.2) is 0 Å². The highest BCUT2D eigenvalue weighted by molar-refractivity contribution is 5.85. The maximum Gasteiger partial charge on any atom is 0.170 e. The van der Waals surface area contributed by atoms with Crippen molar-refractivity contribution in [2.45, 2.75) is 25.3 Å². The van der Waals surface area contributed by atoms with Crippen LogP contribution in [-0.2, 0) is 0 Å². The number of piperazine rings is 1. The Morgan fingerprint density at radius 2 is 1.30 bits per heavy atom. The Hall–Kier alpha value is -2.24. The molecule has 1 atom stereocenters. The molecule has 0 amide bonds. The van der Waals surface area contributed by atoms with E-state index in [1.54, 1.807) is 0 Å². The van der Waals surface area contributed by atoms with E-state index in [9.17, 15) is 0 Å². The predicted molar refractivity (Wildman–Crippen MR) is 138 cm³/mol. The number of halogens is 2. The molecule has 3 aromatic carbocycles. The topological polar surface area (TPSA) is 33.7 Å². The third-order valence-corrected chi connectivity index (χ3v) is 6.39. The van der Waals surface area contributed by atoms with E-state index < -0.39 is 0 Å². The van der Waals surface area contributed by atoms with Crippen LogP contribution in [-0.4, -0.2) is 31.1 Å². The van der Waals surface area contributed by atoms with Gasteiger partial charge in [-0.05, 0) is 60.7 Å². The number of nitrogens with one attached hydrogen (secondary N) is 1. The van der Waals surface area contributed by atoms with E-state index in [2.05, 4.69) is 28.4 Å². The van der Waals surface area contributed by atoms with Crippen LogP contribution in [0.4, 0.5) is 0 Å². The number of para-hydroxylation sites is 2. The molecule has 0 unspecified atom stereocenters. The third-order valence-electron chi connectivity index (χ3n) is 6.39. The Bertz CT molecular complexity index is 978. The average molecular weight is 487 g/mol. The van der Waals surface area contributed by atoms with Gasteiger partial charge in [0.2, 0.25) is 0 Å². The van der Waals surface area contributed by atoms with Crippen molar-refractivity contribution in [2.24, 2.45) is 5.92 Å². The lowest BCUT2D eigenvalue weighted by atomic mass is 9.76. The summed E-state index contributed by atoms with van der Waals surface area (Å²) in [6, 6.07) is 26.8. The number of ether oxygens (including phenoxy) is 2. The van der Waals surface area contributed by atoms with Crippen molar-refractivity contribution in [1.82, 2.24) is 10.2 Å². The SMILES string of the molecule is Cl.Cl.c1ccc(Oc2ccc([C@H](C3CCC3)N3CCNCC3)cc2Oc2ccccc2)cc1. The molecule has 5 rings (SSSR count). The first-order valence-corrected chi connectivity index (χ1v) is 11.4. The fourth-order valence-corrected chi connectivity index (χ4v) is 4.60. The average Bonchev–Trinajstić information content (AvgIpc) is 2.79. The van der Waals surface area contributed by atoms with Gasteiger partial charge in [-0.1, -0.05) is 48.9 Å². The smallest absolute Gasteiger partial charge is 0.170 e. The molecule has 2 aliphatic rings. The van der Waals surface area contributed by atoms with Crippen LogP contribution < -0.4 is 14.8 Å². The molecule has 1 saturated carbocycles. The summed E-state index contributed by atoms with van der Waals surface area (Å²) in [6.45, 7) is 4.31. The van der Waals surface area contributed by atoms with Crippen molar-refractivity contribution < 1.29 is 9.47 Å². The normalized spacial score (nSPS) is 17.1. The van der Waals surface area contributed by atoms with Crippen molar-refractivity contribution >= 4 is 24.8 Å². The van der Waals surface area contributed by atoms with Crippen molar-refractivity contribution in [3.8, 4) is 23.0 Å². The zero-order valence-corrected chi connectivity index (χ0v) is 20.3. The number of benzene rings is 3. The molecule has 0 spiro atoms. The van der Waals surface area contributed by atoms with Crippen molar-refractivity contribution in [2.75, 3.05) is 26.2 Å². The Labute approximate surface area is 209 Å². The van der Waals surface area contributed by atoms with Gasteiger partial charge in [0, 0.05) is 32.2 Å². The van der Waals surface area contributed by atoms with Crippen LogP contribution in [0.2, 0.25) is 0 Å². The van der Waals surface area contributed by atoms with E-state index in [1.807, 2.05) is 60.7 Å². The molecule has 1 aliphatic carbocycles. The molecular weight excluding hydrogens is 455 g/mol. The molecule has 0 aromatic heterocycles. The van der Waals surface area contributed by atoms with Crippen molar-refractivity contribution in [3.05, 3.63) is 84.4 Å². The molecule has 1 saturated heterocycles. The maximum absolute atomic E-state index is 6.34. The van der Waals surface area contributed by atoms with E-state index in [4.69, 9.17) is 9.47 Å². The molecule has 1 aliphatic heterocycles. The monoisotopic (exact) mass is 486 g/mol. The highest BCUT2D eigenvalue weighted by Crippen LogP contribution is 2.44. The Balaban J connectivity index is 0.00000153. The first kappa shape index (κ1) is 25.4. The van der Waals surface area contributed by atoms with Crippen molar-refractivity contribution in [1.29, 1.82) is 0 Å². The number of hydrogen-bond acceptors (Lipinski definition) is 4. The second-order valence-electron chi connectivity index (χ2n) is 8.46. The summed E-state index contributed by atoms with van der Waals surface area (Å²) in [6.07, 6.45) is 3.97. The molecule has 0 radical (unpaired) electrons.